The Morgan fingerprint density at radius 2 is 0.875 bits per heavy atom. The van der Waals surface area contributed by atoms with Gasteiger partial charge in [-0.1, -0.05) is 121 Å². The molecule has 3 heterocycles. The first-order valence-corrected chi connectivity index (χ1v) is 19.0. The van der Waals surface area contributed by atoms with Crippen LogP contribution in [-0.4, -0.2) is 4.57 Å². The molecule has 0 spiro atoms. The third-order valence-corrected chi connectivity index (χ3v) is 11.4. The molecule has 4 nitrogen and oxygen atoms in total. The number of fused-ring (bicyclic) bond motifs is 11. The first-order chi connectivity index (χ1) is 27.8. The molecule has 0 radical (unpaired) electrons. The van der Waals surface area contributed by atoms with Crippen LogP contribution >= 0.6 is 0 Å². The Kier molecular flexibility index (Phi) is 6.60. The Bertz CT molecular complexity index is 3370. The first-order valence-electron chi connectivity index (χ1n) is 19.0. The van der Waals surface area contributed by atoms with E-state index in [0.717, 1.165) is 72.2 Å². The van der Waals surface area contributed by atoms with Crippen molar-refractivity contribution in [1.82, 2.24) is 4.57 Å². The van der Waals surface area contributed by atoms with Crippen molar-refractivity contribution in [3.05, 3.63) is 194 Å². The SMILES string of the molecule is c1ccc(-n2c3c(-c4ccc(N(c5ccc6oc7ccccc7c6c5)c5ccc6oc7ccccc7c6c5)cc4)cccc3c3ccc4ccccc4c32)cc1. The van der Waals surface area contributed by atoms with Crippen LogP contribution in [0.15, 0.2) is 203 Å². The highest BCUT2D eigenvalue weighted by Gasteiger charge is 2.21. The van der Waals surface area contributed by atoms with Crippen molar-refractivity contribution >= 4 is 93.5 Å². The average molecular weight is 717 g/mol. The predicted octanol–water partition coefficient (Wildman–Crippen LogP) is 14.9. The van der Waals surface area contributed by atoms with E-state index in [9.17, 15) is 0 Å². The lowest BCUT2D eigenvalue weighted by Crippen LogP contribution is -2.09. The topological polar surface area (TPSA) is 34.5 Å². The van der Waals surface area contributed by atoms with Crippen LogP contribution in [0.25, 0.3) is 93.3 Å². The van der Waals surface area contributed by atoms with Crippen LogP contribution in [0, 0.1) is 0 Å². The number of para-hydroxylation sites is 4. The number of nitrogens with zero attached hydrogens (tertiary/aromatic N) is 2. The van der Waals surface area contributed by atoms with Crippen molar-refractivity contribution < 1.29 is 8.83 Å². The van der Waals surface area contributed by atoms with Gasteiger partial charge in [-0.15, -0.1) is 0 Å². The van der Waals surface area contributed by atoms with Gasteiger partial charge in [0.25, 0.3) is 0 Å². The van der Waals surface area contributed by atoms with Gasteiger partial charge in [-0.05, 0) is 83.7 Å². The number of hydrogen-bond acceptors (Lipinski definition) is 3. The molecule has 0 N–H and O–H groups in total. The number of furan rings is 2. The summed E-state index contributed by atoms with van der Waals surface area (Å²) < 4.78 is 15.0. The van der Waals surface area contributed by atoms with E-state index in [1.165, 1.54) is 38.1 Å². The Labute approximate surface area is 321 Å². The second kappa shape index (κ2) is 12.0. The minimum Gasteiger partial charge on any atom is -0.456 e. The third-order valence-electron chi connectivity index (χ3n) is 11.4. The van der Waals surface area contributed by atoms with E-state index < -0.39 is 0 Å². The van der Waals surface area contributed by atoms with E-state index in [4.69, 9.17) is 8.83 Å². The quantitative estimate of drug-likeness (QED) is 0.178. The van der Waals surface area contributed by atoms with E-state index in [1.54, 1.807) is 0 Å². The lowest BCUT2D eigenvalue weighted by molar-refractivity contribution is 0.668. The summed E-state index contributed by atoms with van der Waals surface area (Å²) in [5.41, 5.74) is 12.6. The van der Waals surface area contributed by atoms with Crippen molar-refractivity contribution in [3.63, 3.8) is 0 Å². The summed E-state index contributed by atoms with van der Waals surface area (Å²) in [6.45, 7) is 0. The van der Waals surface area contributed by atoms with Crippen LogP contribution < -0.4 is 4.90 Å². The molecule has 0 aliphatic rings. The molecule has 0 saturated carbocycles. The lowest BCUT2D eigenvalue weighted by atomic mass is 10.0. The smallest absolute Gasteiger partial charge is 0.135 e. The van der Waals surface area contributed by atoms with E-state index in [1.807, 2.05) is 24.3 Å². The minimum atomic E-state index is 0.871. The molecule has 0 fully saturated rings. The zero-order chi connectivity index (χ0) is 36.7. The van der Waals surface area contributed by atoms with E-state index >= 15 is 0 Å². The molecule has 0 saturated heterocycles. The summed E-state index contributed by atoms with van der Waals surface area (Å²) in [7, 11) is 0. The lowest BCUT2D eigenvalue weighted by Gasteiger charge is -2.26. The molecule has 9 aromatic carbocycles. The van der Waals surface area contributed by atoms with Gasteiger partial charge in [0.2, 0.25) is 0 Å². The minimum absolute atomic E-state index is 0.871. The van der Waals surface area contributed by atoms with Gasteiger partial charge >= 0.3 is 0 Å². The Hall–Kier alpha value is -7.56. The van der Waals surface area contributed by atoms with Crippen molar-refractivity contribution in [2.45, 2.75) is 0 Å². The fourth-order valence-corrected chi connectivity index (χ4v) is 8.84. The summed E-state index contributed by atoms with van der Waals surface area (Å²) in [6.07, 6.45) is 0. The van der Waals surface area contributed by atoms with Crippen LogP contribution in [0.1, 0.15) is 0 Å². The van der Waals surface area contributed by atoms with Crippen molar-refractivity contribution in [1.29, 1.82) is 0 Å². The molecule has 0 aliphatic heterocycles. The Morgan fingerprint density at radius 3 is 1.55 bits per heavy atom. The fourth-order valence-electron chi connectivity index (χ4n) is 8.84. The Morgan fingerprint density at radius 1 is 0.339 bits per heavy atom. The maximum absolute atomic E-state index is 6.25. The van der Waals surface area contributed by atoms with Crippen LogP contribution in [-0.2, 0) is 0 Å². The molecule has 0 aliphatic carbocycles. The van der Waals surface area contributed by atoms with Crippen molar-refractivity contribution in [2.24, 2.45) is 0 Å². The maximum atomic E-state index is 6.25. The first kappa shape index (κ1) is 30.9. The summed E-state index contributed by atoms with van der Waals surface area (Å²) in [6, 6.07) is 69.2. The summed E-state index contributed by atoms with van der Waals surface area (Å²) in [4.78, 5) is 2.33. The van der Waals surface area contributed by atoms with Gasteiger partial charge in [0.05, 0.1) is 11.0 Å². The molecule has 0 amide bonds. The highest BCUT2D eigenvalue weighted by Crippen LogP contribution is 2.44. The molecule has 0 unspecified atom stereocenters. The van der Waals surface area contributed by atoms with Gasteiger partial charge in [-0.3, -0.25) is 0 Å². The monoisotopic (exact) mass is 716 g/mol. The van der Waals surface area contributed by atoms with Crippen LogP contribution in [0.4, 0.5) is 17.1 Å². The van der Waals surface area contributed by atoms with Crippen LogP contribution in [0.3, 0.4) is 0 Å². The van der Waals surface area contributed by atoms with Gasteiger partial charge in [0.1, 0.15) is 22.3 Å². The molecule has 12 aromatic rings. The molecule has 12 rings (SSSR count). The van der Waals surface area contributed by atoms with Gasteiger partial charge in [0.15, 0.2) is 0 Å². The van der Waals surface area contributed by atoms with Gasteiger partial charge < -0.3 is 18.3 Å². The highest BCUT2D eigenvalue weighted by molar-refractivity contribution is 6.21. The summed E-state index contributed by atoms with van der Waals surface area (Å²) in [5.74, 6) is 0. The number of rotatable bonds is 5. The van der Waals surface area contributed by atoms with Crippen molar-refractivity contribution in [2.75, 3.05) is 4.90 Å². The normalized spacial score (nSPS) is 11.9. The zero-order valence-corrected chi connectivity index (χ0v) is 30.2. The third kappa shape index (κ3) is 4.60. The molecular weight excluding hydrogens is 685 g/mol. The molecule has 262 valence electrons. The number of anilines is 3. The standard InChI is InChI=1S/C52H32N2O2/c1-2-12-35(13-3-1)54-51-40(17-10-18-43(51)44-28-23-33-11-4-5-14-39(33)52(44)54)34-21-24-36(25-22-34)53(37-26-29-49-45(31-37)41-15-6-8-19-47(41)55-49)38-27-30-50-46(32-38)42-16-7-9-20-48(42)56-50/h1-32H. The molecule has 3 aromatic heterocycles. The second-order valence-corrected chi connectivity index (χ2v) is 14.5. The molecule has 0 bridgehead atoms. The number of hydrogen-bond donors (Lipinski definition) is 0. The number of aromatic nitrogens is 1. The number of benzene rings is 9. The zero-order valence-electron chi connectivity index (χ0n) is 30.2. The van der Waals surface area contributed by atoms with Crippen molar-refractivity contribution in [3.8, 4) is 16.8 Å². The fraction of sp³-hybridized carbons (Fsp3) is 0. The van der Waals surface area contributed by atoms with Gasteiger partial charge in [-0.25, -0.2) is 0 Å². The summed E-state index contributed by atoms with van der Waals surface area (Å²) >= 11 is 0. The molecule has 56 heavy (non-hydrogen) atoms. The van der Waals surface area contributed by atoms with E-state index in [2.05, 4.69) is 179 Å². The molecule has 4 heteroatoms. The summed E-state index contributed by atoms with van der Waals surface area (Å²) in [5, 5.41) is 9.33. The van der Waals surface area contributed by atoms with Crippen LogP contribution in [0.2, 0.25) is 0 Å². The van der Waals surface area contributed by atoms with Crippen LogP contribution in [0.5, 0.6) is 0 Å². The highest BCUT2D eigenvalue weighted by atomic mass is 16.3. The maximum Gasteiger partial charge on any atom is 0.135 e. The van der Waals surface area contributed by atoms with E-state index in [-0.39, 0.29) is 0 Å². The predicted molar refractivity (Wildman–Crippen MR) is 233 cm³/mol. The van der Waals surface area contributed by atoms with E-state index in [0.29, 0.717) is 0 Å². The van der Waals surface area contributed by atoms with Gasteiger partial charge in [-0.2, -0.15) is 0 Å². The largest absolute Gasteiger partial charge is 0.456 e. The van der Waals surface area contributed by atoms with Gasteiger partial charge in [0, 0.05) is 66.0 Å². The second-order valence-electron chi connectivity index (χ2n) is 14.5. The molecule has 0 atom stereocenters. The molecular formula is C52H32N2O2. The average Bonchev–Trinajstić information content (AvgIpc) is 3.94. The Balaban J connectivity index is 1.07.